The second-order valence-corrected chi connectivity index (χ2v) is 6.22. The van der Waals surface area contributed by atoms with Gasteiger partial charge in [-0.25, -0.2) is 0 Å². The van der Waals surface area contributed by atoms with Crippen molar-refractivity contribution in [3.8, 4) is 11.5 Å². The molecule has 0 bridgehead atoms. The minimum absolute atomic E-state index is 0.246. The Morgan fingerprint density at radius 1 is 0.815 bits per heavy atom. The molecule has 2 aromatic carbocycles. The van der Waals surface area contributed by atoms with Crippen LogP contribution in [0.3, 0.4) is 0 Å². The third-order valence-electron chi connectivity index (χ3n) is 4.34. The van der Waals surface area contributed by atoms with Crippen molar-refractivity contribution in [2.75, 3.05) is 27.3 Å². The number of rotatable bonds is 10. The normalized spacial score (nSPS) is 10.3. The summed E-state index contributed by atoms with van der Waals surface area (Å²) in [7, 11) is 3.25. The Morgan fingerprint density at radius 2 is 1.22 bits per heavy atom. The minimum atomic E-state index is -0.612. The SMILES string of the molecule is COc1ccc(CCN(CCc2ccc(OC)cc2)C(=O)CC(N)=O)cc1. The largest absolute Gasteiger partial charge is 0.497 e. The number of methoxy groups -OCH3 is 2. The van der Waals surface area contributed by atoms with E-state index >= 15 is 0 Å². The van der Waals surface area contributed by atoms with Gasteiger partial charge in [0.25, 0.3) is 0 Å². The Bertz CT molecular complexity index is 690. The molecule has 0 aliphatic heterocycles. The predicted molar refractivity (Wildman–Crippen MR) is 104 cm³/mol. The Labute approximate surface area is 159 Å². The van der Waals surface area contributed by atoms with E-state index in [1.165, 1.54) is 0 Å². The molecule has 2 rings (SSSR count). The zero-order chi connectivity index (χ0) is 19.6. The van der Waals surface area contributed by atoms with Crippen LogP contribution in [0.5, 0.6) is 11.5 Å². The third-order valence-corrected chi connectivity index (χ3v) is 4.34. The summed E-state index contributed by atoms with van der Waals surface area (Å²) in [6, 6.07) is 15.4. The standard InChI is InChI=1S/C21H26N2O4/c1-26-18-7-3-16(4-8-18)11-13-23(21(25)15-20(22)24)14-12-17-5-9-19(27-2)10-6-17/h3-10H,11-15H2,1-2H3,(H2,22,24). The van der Waals surface area contributed by atoms with Gasteiger partial charge >= 0.3 is 0 Å². The van der Waals surface area contributed by atoms with E-state index in [9.17, 15) is 9.59 Å². The van der Waals surface area contributed by atoms with Gasteiger partial charge in [-0.15, -0.1) is 0 Å². The molecule has 27 heavy (non-hydrogen) atoms. The summed E-state index contributed by atoms with van der Waals surface area (Å²) in [5.74, 6) is 0.725. The van der Waals surface area contributed by atoms with E-state index in [1.54, 1.807) is 19.1 Å². The Balaban J connectivity index is 1.98. The molecule has 0 spiro atoms. The van der Waals surface area contributed by atoms with Crippen molar-refractivity contribution in [3.63, 3.8) is 0 Å². The lowest BCUT2D eigenvalue weighted by Crippen LogP contribution is -2.37. The fourth-order valence-electron chi connectivity index (χ4n) is 2.73. The summed E-state index contributed by atoms with van der Waals surface area (Å²) in [4.78, 5) is 25.2. The van der Waals surface area contributed by atoms with E-state index in [1.807, 2.05) is 48.5 Å². The average Bonchev–Trinajstić information content (AvgIpc) is 2.68. The number of hydrogen-bond acceptors (Lipinski definition) is 4. The first kappa shape index (κ1) is 20.3. The lowest BCUT2D eigenvalue weighted by molar-refractivity contribution is -0.135. The number of amides is 2. The minimum Gasteiger partial charge on any atom is -0.497 e. The Hall–Kier alpha value is -3.02. The van der Waals surface area contributed by atoms with Crippen molar-refractivity contribution in [1.29, 1.82) is 0 Å². The van der Waals surface area contributed by atoms with Crippen LogP contribution in [0.25, 0.3) is 0 Å². The molecule has 0 unspecified atom stereocenters. The fraction of sp³-hybridized carbons (Fsp3) is 0.333. The topological polar surface area (TPSA) is 81.9 Å². The lowest BCUT2D eigenvalue weighted by Gasteiger charge is -2.22. The zero-order valence-electron chi connectivity index (χ0n) is 15.8. The number of nitrogens with two attached hydrogens (primary N) is 1. The molecule has 144 valence electrons. The highest BCUT2D eigenvalue weighted by Gasteiger charge is 2.16. The van der Waals surface area contributed by atoms with Gasteiger partial charge in [0, 0.05) is 13.1 Å². The molecule has 0 saturated heterocycles. The molecule has 2 aromatic rings. The second-order valence-electron chi connectivity index (χ2n) is 6.22. The summed E-state index contributed by atoms with van der Waals surface area (Å²) < 4.78 is 10.3. The summed E-state index contributed by atoms with van der Waals surface area (Å²) in [6.45, 7) is 1.04. The van der Waals surface area contributed by atoms with Crippen molar-refractivity contribution < 1.29 is 19.1 Å². The smallest absolute Gasteiger partial charge is 0.232 e. The summed E-state index contributed by atoms with van der Waals surface area (Å²) >= 11 is 0. The van der Waals surface area contributed by atoms with Gasteiger partial charge < -0.3 is 20.1 Å². The molecule has 0 aromatic heterocycles. The molecular weight excluding hydrogens is 344 g/mol. The van der Waals surface area contributed by atoms with E-state index in [4.69, 9.17) is 15.2 Å². The van der Waals surface area contributed by atoms with Gasteiger partial charge in [-0.05, 0) is 48.2 Å². The van der Waals surface area contributed by atoms with E-state index in [0.717, 1.165) is 22.6 Å². The number of benzene rings is 2. The van der Waals surface area contributed by atoms with Crippen molar-refractivity contribution in [3.05, 3.63) is 59.7 Å². The van der Waals surface area contributed by atoms with Crippen molar-refractivity contribution in [2.24, 2.45) is 5.73 Å². The third kappa shape index (κ3) is 6.66. The Morgan fingerprint density at radius 3 is 1.56 bits per heavy atom. The number of carbonyl (C=O) groups is 2. The van der Waals surface area contributed by atoms with Crippen LogP contribution in [-0.2, 0) is 22.4 Å². The fourth-order valence-corrected chi connectivity index (χ4v) is 2.73. The summed E-state index contributed by atoms with van der Waals surface area (Å²) in [5.41, 5.74) is 7.38. The first-order chi connectivity index (χ1) is 13.0. The molecule has 0 radical (unpaired) electrons. The highest BCUT2D eigenvalue weighted by Crippen LogP contribution is 2.14. The van der Waals surface area contributed by atoms with E-state index in [0.29, 0.717) is 25.9 Å². The quantitative estimate of drug-likeness (QED) is 0.650. The predicted octanol–water partition coefficient (Wildman–Crippen LogP) is 2.19. The van der Waals surface area contributed by atoms with Gasteiger partial charge in [-0.3, -0.25) is 9.59 Å². The molecule has 0 aliphatic carbocycles. The van der Waals surface area contributed by atoms with Crippen LogP contribution in [0.4, 0.5) is 0 Å². The molecule has 0 atom stereocenters. The van der Waals surface area contributed by atoms with Crippen LogP contribution in [0.2, 0.25) is 0 Å². The molecule has 0 heterocycles. The molecule has 6 nitrogen and oxygen atoms in total. The lowest BCUT2D eigenvalue weighted by atomic mass is 10.1. The molecule has 6 heteroatoms. The van der Waals surface area contributed by atoms with E-state index < -0.39 is 5.91 Å². The van der Waals surface area contributed by atoms with Gasteiger partial charge in [-0.2, -0.15) is 0 Å². The van der Waals surface area contributed by atoms with Crippen LogP contribution < -0.4 is 15.2 Å². The number of carbonyl (C=O) groups excluding carboxylic acids is 2. The summed E-state index contributed by atoms with van der Waals surface area (Å²) in [6.07, 6.45) is 1.11. The van der Waals surface area contributed by atoms with Gasteiger partial charge in [0.05, 0.1) is 14.2 Å². The van der Waals surface area contributed by atoms with Gasteiger partial charge in [0.2, 0.25) is 11.8 Å². The summed E-state index contributed by atoms with van der Waals surface area (Å²) in [5, 5.41) is 0. The van der Waals surface area contributed by atoms with Crippen LogP contribution in [-0.4, -0.2) is 44.0 Å². The maximum atomic E-state index is 12.4. The number of nitrogens with zero attached hydrogens (tertiary/aromatic N) is 1. The Kier molecular flexibility index (Phi) is 7.67. The molecule has 0 fully saturated rings. The second kappa shape index (κ2) is 10.2. The molecule has 2 N–H and O–H groups in total. The van der Waals surface area contributed by atoms with Crippen molar-refractivity contribution >= 4 is 11.8 Å². The van der Waals surface area contributed by atoms with Crippen LogP contribution >= 0.6 is 0 Å². The number of ether oxygens (including phenoxy) is 2. The van der Waals surface area contributed by atoms with Gasteiger partial charge in [0.15, 0.2) is 0 Å². The van der Waals surface area contributed by atoms with Crippen molar-refractivity contribution in [2.45, 2.75) is 19.3 Å². The monoisotopic (exact) mass is 370 g/mol. The molecule has 2 amide bonds. The van der Waals surface area contributed by atoms with E-state index in [-0.39, 0.29) is 12.3 Å². The van der Waals surface area contributed by atoms with Gasteiger partial charge in [-0.1, -0.05) is 24.3 Å². The maximum Gasteiger partial charge on any atom is 0.232 e. The number of primary amides is 1. The van der Waals surface area contributed by atoms with Gasteiger partial charge in [0.1, 0.15) is 17.9 Å². The van der Waals surface area contributed by atoms with Crippen LogP contribution in [0.15, 0.2) is 48.5 Å². The zero-order valence-corrected chi connectivity index (χ0v) is 15.8. The maximum absolute atomic E-state index is 12.4. The first-order valence-electron chi connectivity index (χ1n) is 8.83. The molecular formula is C21H26N2O4. The average molecular weight is 370 g/mol. The molecule has 0 aliphatic rings. The van der Waals surface area contributed by atoms with Crippen LogP contribution in [0.1, 0.15) is 17.5 Å². The number of hydrogen-bond donors (Lipinski definition) is 1. The highest BCUT2D eigenvalue weighted by molar-refractivity contribution is 5.96. The van der Waals surface area contributed by atoms with Crippen molar-refractivity contribution in [1.82, 2.24) is 4.90 Å². The van der Waals surface area contributed by atoms with E-state index in [2.05, 4.69) is 0 Å². The first-order valence-corrected chi connectivity index (χ1v) is 8.83. The van der Waals surface area contributed by atoms with Crippen LogP contribution in [0, 0.1) is 0 Å². The molecule has 0 saturated carbocycles. The highest BCUT2D eigenvalue weighted by atomic mass is 16.5.